The number of carbonyl (C=O) groups excluding carboxylic acids is 1. The molecule has 0 aliphatic rings. The van der Waals surface area contributed by atoms with E-state index in [1.807, 2.05) is 36.4 Å². The van der Waals surface area contributed by atoms with Gasteiger partial charge in [0.25, 0.3) is 5.91 Å². The van der Waals surface area contributed by atoms with Crippen molar-refractivity contribution in [3.8, 4) is 17.2 Å². The van der Waals surface area contributed by atoms with Crippen LogP contribution >= 0.6 is 23.5 Å². The number of halogens is 2. The first-order valence-electron chi connectivity index (χ1n) is 7.39. The van der Waals surface area contributed by atoms with E-state index in [0.29, 0.717) is 11.4 Å². The van der Waals surface area contributed by atoms with Crippen LogP contribution in [0.3, 0.4) is 0 Å². The minimum atomic E-state index is -0.449. The van der Waals surface area contributed by atoms with Crippen molar-refractivity contribution in [1.82, 2.24) is 0 Å². The molecule has 0 radical (unpaired) electrons. The second-order valence-electron chi connectivity index (χ2n) is 5.06. The maximum Gasteiger partial charge on any atom is 0.263 e. The van der Waals surface area contributed by atoms with Crippen molar-refractivity contribution in [2.75, 3.05) is 5.32 Å². The lowest BCUT2D eigenvalue weighted by Gasteiger charge is -2.14. The molecule has 0 aromatic heterocycles. The largest absolute Gasteiger partial charge is 0.456 e. The third-order valence-electron chi connectivity index (χ3n) is 3.38. The van der Waals surface area contributed by atoms with Crippen LogP contribution in [0.25, 0.3) is 0 Å². The zero-order valence-corrected chi connectivity index (χ0v) is 14.4. The van der Waals surface area contributed by atoms with Crippen LogP contribution in [0.4, 0.5) is 5.69 Å². The van der Waals surface area contributed by atoms with Gasteiger partial charge < -0.3 is 14.3 Å². The summed E-state index contributed by atoms with van der Waals surface area (Å²) in [6.07, 6.45) is 0. The minimum absolute atomic E-state index is 0.0326. The number of amides is 1. The molecule has 6 heteroatoms. The molecule has 0 heterocycles. The standard InChI is InChI=1S/C19H13Cl2NO3/c20-15-11-12-16(24-14-9-5-2-6-10-14)17(18(15)25-21)19(23)22-13-7-3-1-4-8-13/h1-12H,(H,22,23). The lowest BCUT2D eigenvalue weighted by Crippen LogP contribution is -2.14. The van der Waals surface area contributed by atoms with Crippen molar-refractivity contribution in [3.05, 3.63) is 83.4 Å². The Labute approximate surface area is 155 Å². The molecule has 0 aliphatic carbocycles. The van der Waals surface area contributed by atoms with Gasteiger partial charge in [-0.25, -0.2) is 0 Å². The Hall–Kier alpha value is -2.69. The molecule has 1 N–H and O–H groups in total. The second-order valence-corrected chi connectivity index (χ2v) is 5.62. The fourth-order valence-corrected chi connectivity index (χ4v) is 2.64. The van der Waals surface area contributed by atoms with E-state index < -0.39 is 5.91 Å². The zero-order valence-electron chi connectivity index (χ0n) is 12.9. The molecule has 4 nitrogen and oxygen atoms in total. The normalized spacial score (nSPS) is 10.2. The van der Waals surface area contributed by atoms with E-state index in [9.17, 15) is 4.79 Å². The number of para-hydroxylation sites is 2. The summed E-state index contributed by atoms with van der Waals surface area (Å²) in [5.74, 6) is 0.430. The molecule has 0 atom stereocenters. The summed E-state index contributed by atoms with van der Waals surface area (Å²) in [5, 5.41) is 2.97. The van der Waals surface area contributed by atoms with Crippen LogP contribution < -0.4 is 14.3 Å². The van der Waals surface area contributed by atoms with Gasteiger partial charge >= 0.3 is 0 Å². The highest BCUT2D eigenvalue weighted by molar-refractivity contribution is 6.33. The molecule has 1 amide bonds. The summed E-state index contributed by atoms with van der Waals surface area (Å²) in [4.78, 5) is 12.8. The predicted octanol–water partition coefficient (Wildman–Crippen LogP) is 5.92. The molecule has 0 spiro atoms. The molecule has 0 unspecified atom stereocenters. The van der Waals surface area contributed by atoms with Gasteiger partial charge in [-0.05, 0) is 36.4 Å². The number of anilines is 1. The zero-order chi connectivity index (χ0) is 17.6. The SMILES string of the molecule is O=C(Nc1ccccc1)c1c(Oc2ccccc2)ccc(Cl)c1OCl. The van der Waals surface area contributed by atoms with Gasteiger partial charge in [0.1, 0.15) is 28.9 Å². The van der Waals surface area contributed by atoms with Crippen LogP contribution in [0.15, 0.2) is 72.8 Å². The Kier molecular flexibility index (Phi) is 5.43. The average Bonchev–Trinajstić information content (AvgIpc) is 2.64. The van der Waals surface area contributed by atoms with Gasteiger partial charge in [0.2, 0.25) is 0 Å². The summed E-state index contributed by atoms with van der Waals surface area (Å²) >= 11 is 11.6. The summed E-state index contributed by atoms with van der Waals surface area (Å²) < 4.78 is 10.6. The van der Waals surface area contributed by atoms with Crippen LogP contribution in [-0.4, -0.2) is 5.91 Å². The topological polar surface area (TPSA) is 47.6 Å². The number of benzene rings is 3. The fourth-order valence-electron chi connectivity index (χ4n) is 2.25. The van der Waals surface area contributed by atoms with Gasteiger partial charge in [-0.3, -0.25) is 4.79 Å². The van der Waals surface area contributed by atoms with Crippen LogP contribution in [-0.2, 0) is 0 Å². The summed E-state index contributed by atoms with van der Waals surface area (Å²) in [6.45, 7) is 0. The minimum Gasteiger partial charge on any atom is -0.456 e. The predicted molar refractivity (Wildman–Crippen MR) is 98.8 cm³/mol. The Bertz CT molecular complexity index is 871. The Morgan fingerprint density at radius 1 is 0.880 bits per heavy atom. The van der Waals surface area contributed by atoms with E-state index in [2.05, 4.69) is 5.32 Å². The number of nitrogens with one attached hydrogen (secondary N) is 1. The van der Waals surface area contributed by atoms with Gasteiger partial charge in [0.05, 0.1) is 5.02 Å². The third kappa shape index (κ3) is 4.05. The average molecular weight is 374 g/mol. The fraction of sp³-hybridized carbons (Fsp3) is 0. The van der Waals surface area contributed by atoms with Gasteiger partial charge in [-0.2, -0.15) is 0 Å². The highest BCUT2D eigenvalue weighted by Crippen LogP contribution is 2.38. The number of carbonyl (C=O) groups is 1. The van der Waals surface area contributed by atoms with Gasteiger partial charge in [-0.15, -0.1) is 0 Å². The van der Waals surface area contributed by atoms with Crippen molar-refractivity contribution >= 4 is 35.1 Å². The first kappa shape index (κ1) is 17.1. The first-order chi connectivity index (χ1) is 12.2. The highest BCUT2D eigenvalue weighted by Gasteiger charge is 2.23. The van der Waals surface area contributed by atoms with Crippen molar-refractivity contribution < 1.29 is 13.8 Å². The monoisotopic (exact) mass is 373 g/mol. The van der Waals surface area contributed by atoms with E-state index in [1.165, 1.54) is 0 Å². The number of hydrogen-bond donors (Lipinski definition) is 1. The molecular weight excluding hydrogens is 361 g/mol. The van der Waals surface area contributed by atoms with E-state index in [0.717, 1.165) is 0 Å². The quantitative estimate of drug-likeness (QED) is 0.603. The Morgan fingerprint density at radius 2 is 1.52 bits per heavy atom. The van der Waals surface area contributed by atoms with Crippen LogP contribution in [0.2, 0.25) is 5.02 Å². The summed E-state index contributed by atoms with van der Waals surface area (Å²) in [7, 11) is 0. The Morgan fingerprint density at radius 3 is 2.16 bits per heavy atom. The number of ether oxygens (including phenoxy) is 1. The summed E-state index contributed by atoms with van der Waals surface area (Å²) in [6, 6.07) is 21.2. The van der Waals surface area contributed by atoms with Crippen molar-refractivity contribution in [1.29, 1.82) is 0 Å². The molecule has 3 aromatic carbocycles. The Balaban J connectivity index is 2.00. The first-order valence-corrected chi connectivity index (χ1v) is 8.08. The molecule has 25 heavy (non-hydrogen) atoms. The maximum absolute atomic E-state index is 12.8. The smallest absolute Gasteiger partial charge is 0.263 e. The molecule has 0 bridgehead atoms. The van der Waals surface area contributed by atoms with Crippen molar-refractivity contribution in [2.45, 2.75) is 0 Å². The number of hydrogen-bond acceptors (Lipinski definition) is 3. The lowest BCUT2D eigenvalue weighted by molar-refractivity contribution is 0.102. The van der Waals surface area contributed by atoms with Crippen molar-refractivity contribution in [2.24, 2.45) is 0 Å². The van der Waals surface area contributed by atoms with E-state index in [4.69, 9.17) is 32.5 Å². The maximum atomic E-state index is 12.8. The second kappa shape index (κ2) is 7.92. The van der Waals surface area contributed by atoms with Gasteiger partial charge in [-0.1, -0.05) is 48.0 Å². The molecule has 0 saturated carbocycles. The molecule has 0 fully saturated rings. The molecule has 3 aromatic rings. The molecule has 3 rings (SSSR count). The summed E-state index contributed by atoms with van der Waals surface area (Å²) in [5.41, 5.74) is 0.730. The van der Waals surface area contributed by atoms with Crippen LogP contribution in [0.5, 0.6) is 17.2 Å². The van der Waals surface area contributed by atoms with Crippen LogP contribution in [0.1, 0.15) is 10.4 Å². The van der Waals surface area contributed by atoms with E-state index in [-0.39, 0.29) is 22.1 Å². The van der Waals surface area contributed by atoms with Gasteiger partial charge in [0, 0.05) is 5.69 Å². The third-order valence-corrected chi connectivity index (χ3v) is 3.83. The van der Waals surface area contributed by atoms with Gasteiger partial charge in [0.15, 0.2) is 5.75 Å². The van der Waals surface area contributed by atoms with Crippen LogP contribution in [0, 0.1) is 0 Å². The number of rotatable bonds is 5. The molecule has 0 saturated heterocycles. The molecule has 0 aliphatic heterocycles. The van der Waals surface area contributed by atoms with Crippen molar-refractivity contribution in [3.63, 3.8) is 0 Å². The van der Waals surface area contributed by atoms with E-state index in [1.54, 1.807) is 36.4 Å². The molecule has 126 valence electrons. The van der Waals surface area contributed by atoms with E-state index >= 15 is 0 Å². The molecular formula is C19H13Cl2NO3. The lowest BCUT2D eigenvalue weighted by atomic mass is 10.1. The highest BCUT2D eigenvalue weighted by atomic mass is 35.5.